The van der Waals surface area contributed by atoms with Crippen LogP contribution in [0.2, 0.25) is 0 Å². The summed E-state index contributed by atoms with van der Waals surface area (Å²) < 4.78 is 25.0. The zero-order chi connectivity index (χ0) is 28.2. The standard InChI is InChI=1S/C30H31FN2O6/c1-30(2,3)39-29(37)25(17-22(35)18-31)33(19-34)28(27(36)32-16-15-21-10-5-7-13-24(21)32)38-26-14-8-11-20-9-4-6-12-23(20)26/h4-14,19,25,28H,15-18H2,1-3H3/t25?,28-/m0/s1. The monoisotopic (exact) mass is 534 g/mol. The van der Waals surface area contributed by atoms with Crippen LogP contribution >= 0.6 is 0 Å². The molecule has 3 aromatic rings. The smallest absolute Gasteiger partial charge is 0.329 e. The molecule has 2 amide bonds. The normalized spacial score (nSPS) is 14.3. The van der Waals surface area contributed by atoms with Gasteiger partial charge >= 0.3 is 5.97 Å². The van der Waals surface area contributed by atoms with E-state index in [1.54, 1.807) is 51.1 Å². The van der Waals surface area contributed by atoms with Crippen LogP contribution in [0.4, 0.5) is 10.1 Å². The van der Waals surface area contributed by atoms with E-state index in [0.29, 0.717) is 29.8 Å². The number of hydrogen-bond acceptors (Lipinski definition) is 6. The number of carbonyl (C=O) groups excluding carboxylic acids is 4. The number of para-hydroxylation sites is 1. The van der Waals surface area contributed by atoms with Gasteiger partial charge in [0.2, 0.25) is 6.41 Å². The number of ketones is 1. The van der Waals surface area contributed by atoms with Gasteiger partial charge in [-0.05, 0) is 50.3 Å². The number of nitrogens with zero attached hydrogens (tertiary/aromatic N) is 2. The Morgan fingerprint density at radius 3 is 2.44 bits per heavy atom. The second kappa shape index (κ2) is 11.6. The highest BCUT2D eigenvalue weighted by Gasteiger charge is 2.42. The van der Waals surface area contributed by atoms with Crippen molar-refractivity contribution in [3.8, 4) is 5.75 Å². The van der Waals surface area contributed by atoms with Crippen molar-refractivity contribution in [2.75, 3.05) is 18.1 Å². The minimum atomic E-state index is -1.65. The Kier molecular flexibility index (Phi) is 8.28. The minimum absolute atomic E-state index is 0.274. The molecule has 204 valence electrons. The van der Waals surface area contributed by atoms with Crippen molar-refractivity contribution in [1.82, 2.24) is 4.90 Å². The van der Waals surface area contributed by atoms with E-state index in [1.165, 1.54) is 4.90 Å². The first-order chi connectivity index (χ1) is 18.6. The number of carbonyl (C=O) groups is 4. The Morgan fingerprint density at radius 2 is 1.72 bits per heavy atom. The number of benzene rings is 3. The van der Waals surface area contributed by atoms with E-state index in [2.05, 4.69) is 0 Å². The summed E-state index contributed by atoms with van der Waals surface area (Å²) in [7, 11) is 0. The second-order valence-electron chi connectivity index (χ2n) is 10.3. The van der Waals surface area contributed by atoms with Crippen LogP contribution < -0.4 is 9.64 Å². The maximum atomic E-state index is 14.1. The number of amides is 2. The number of fused-ring (bicyclic) bond motifs is 2. The number of halogens is 1. The summed E-state index contributed by atoms with van der Waals surface area (Å²) in [5.41, 5.74) is 0.643. The van der Waals surface area contributed by atoms with Crippen LogP contribution in [0.15, 0.2) is 66.7 Å². The Morgan fingerprint density at radius 1 is 1.03 bits per heavy atom. The van der Waals surface area contributed by atoms with Crippen molar-refractivity contribution in [3.05, 3.63) is 72.3 Å². The van der Waals surface area contributed by atoms with E-state index in [0.717, 1.165) is 15.8 Å². The molecule has 0 aliphatic carbocycles. The fraction of sp³-hybridized carbons (Fsp3) is 0.333. The van der Waals surface area contributed by atoms with E-state index < -0.39 is 48.6 Å². The van der Waals surface area contributed by atoms with Crippen LogP contribution in [0, 0.1) is 0 Å². The van der Waals surface area contributed by atoms with E-state index >= 15 is 0 Å². The average molecular weight is 535 g/mol. The molecule has 0 saturated heterocycles. The predicted octanol–water partition coefficient (Wildman–Crippen LogP) is 4.23. The lowest BCUT2D eigenvalue weighted by molar-refractivity contribution is -0.170. The SMILES string of the molecule is CC(C)(C)OC(=O)C(CC(=O)CF)N(C=O)[C@@H](Oc1cccc2ccccc12)C(=O)N1CCc2ccccc21. The third kappa shape index (κ3) is 6.25. The van der Waals surface area contributed by atoms with E-state index in [1.807, 2.05) is 36.4 Å². The molecule has 0 spiro atoms. The van der Waals surface area contributed by atoms with Gasteiger partial charge in [0.15, 0.2) is 5.78 Å². The number of ether oxygens (including phenoxy) is 2. The van der Waals surface area contributed by atoms with Gasteiger partial charge in [0.05, 0.1) is 0 Å². The van der Waals surface area contributed by atoms with Gasteiger partial charge in [0.25, 0.3) is 12.1 Å². The molecular formula is C30H31FN2O6. The van der Waals surface area contributed by atoms with Gasteiger partial charge in [-0.3, -0.25) is 19.3 Å². The Hall–Kier alpha value is -4.27. The summed E-state index contributed by atoms with van der Waals surface area (Å²) in [5, 5.41) is 1.51. The molecule has 4 rings (SSSR count). The van der Waals surface area contributed by atoms with Crippen LogP contribution in [-0.2, 0) is 30.3 Å². The topological polar surface area (TPSA) is 93.2 Å². The van der Waals surface area contributed by atoms with Crippen LogP contribution in [0.1, 0.15) is 32.8 Å². The first-order valence-electron chi connectivity index (χ1n) is 12.7. The van der Waals surface area contributed by atoms with Crippen LogP contribution in [-0.4, -0.2) is 60.1 Å². The van der Waals surface area contributed by atoms with Crippen molar-refractivity contribution in [2.24, 2.45) is 0 Å². The third-order valence-electron chi connectivity index (χ3n) is 6.35. The number of Topliss-reactive ketones (excluding diaryl/α,β-unsaturated/α-hetero) is 1. The molecule has 1 heterocycles. The van der Waals surface area contributed by atoms with Crippen molar-refractivity contribution in [1.29, 1.82) is 0 Å². The molecule has 0 saturated carbocycles. The van der Waals surface area contributed by atoms with E-state index in [4.69, 9.17) is 9.47 Å². The van der Waals surface area contributed by atoms with Gasteiger partial charge in [-0.25, -0.2) is 9.18 Å². The molecule has 0 bridgehead atoms. The highest BCUT2D eigenvalue weighted by atomic mass is 19.1. The summed E-state index contributed by atoms with van der Waals surface area (Å²) in [6.07, 6.45) is -1.46. The lowest BCUT2D eigenvalue weighted by Gasteiger charge is -2.36. The molecule has 0 N–H and O–H groups in total. The Balaban J connectivity index is 1.80. The summed E-state index contributed by atoms with van der Waals surface area (Å²) in [6, 6.07) is 18.4. The molecule has 2 atom stereocenters. The summed E-state index contributed by atoms with van der Waals surface area (Å²) >= 11 is 0. The first-order valence-corrected chi connectivity index (χ1v) is 12.7. The fourth-order valence-electron chi connectivity index (χ4n) is 4.60. The molecule has 1 unspecified atom stereocenters. The quantitative estimate of drug-likeness (QED) is 0.220. The predicted molar refractivity (Wildman–Crippen MR) is 144 cm³/mol. The number of rotatable bonds is 10. The molecule has 9 heteroatoms. The lowest BCUT2D eigenvalue weighted by Crippen LogP contribution is -2.57. The maximum absolute atomic E-state index is 14.1. The molecule has 0 radical (unpaired) electrons. The first kappa shape index (κ1) is 27.8. The molecule has 0 aromatic heterocycles. The average Bonchev–Trinajstić information content (AvgIpc) is 3.35. The van der Waals surface area contributed by atoms with Gasteiger partial charge in [0, 0.05) is 24.0 Å². The van der Waals surface area contributed by atoms with Crippen LogP contribution in [0.3, 0.4) is 0 Å². The second-order valence-corrected chi connectivity index (χ2v) is 10.3. The molecule has 39 heavy (non-hydrogen) atoms. The van der Waals surface area contributed by atoms with Crippen molar-refractivity contribution in [2.45, 2.75) is 51.5 Å². The Labute approximate surface area is 226 Å². The number of esters is 1. The van der Waals surface area contributed by atoms with Crippen molar-refractivity contribution >= 4 is 40.5 Å². The highest BCUT2D eigenvalue weighted by Crippen LogP contribution is 2.32. The number of anilines is 1. The zero-order valence-electron chi connectivity index (χ0n) is 22.1. The van der Waals surface area contributed by atoms with Crippen LogP contribution in [0.25, 0.3) is 10.8 Å². The summed E-state index contributed by atoms with van der Waals surface area (Å²) in [5.74, 6) is -2.18. The fourth-order valence-corrected chi connectivity index (χ4v) is 4.60. The minimum Gasteiger partial charge on any atom is -0.460 e. The number of alkyl halides is 1. The largest absolute Gasteiger partial charge is 0.460 e. The lowest BCUT2D eigenvalue weighted by atomic mass is 10.1. The van der Waals surface area contributed by atoms with Gasteiger partial charge < -0.3 is 14.4 Å². The molecule has 8 nitrogen and oxygen atoms in total. The Bertz CT molecular complexity index is 1380. The van der Waals surface area contributed by atoms with Crippen LogP contribution in [0.5, 0.6) is 5.75 Å². The molecule has 1 aliphatic rings. The molecule has 1 aliphatic heterocycles. The maximum Gasteiger partial charge on any atom is 0.329 e. The zero-order valence-corrected chi connectivity index (χ0v) is 22.1. The van der Waals surface area contributed by atoms with Gasteiger partial charge in [0.1, 0.15) is 24.1 Å². The molecular weight excluding hydrogens is 503 g/mol. The van der Waals surface area contributed by atoms with E-state index in [-0.39, 0.29) is 6.41 Å². The summed E-state index contributed by atoms with van der Waals surface area (Å²) in [6.45, 7) is 3.87. The van der Waals surface area contributed by atoms with E-state index in [9.17, 15) is 23.6 Å². The number of hydrogen-bond donors (Lipinski definition) is 0. The van der Waals surface area contributed by atoms with Gasteiger partial charge in [-0.1, -0.05) is 54.6 Å². The van der Waals surface area contributed by atoms with Gasteiger partial charge in [-0.2, -0.15) is 0 Å². The molecule has 3 aromatic carbocycles. The van der Waals surface area contributed by atoms with Crippen molar-refractivity contribution in [3.63, 3.8) is 0 Å². The third-order valence-corrected chi connectivity index (χ3v) is 6.35. The molecule has 0 fully saturated rings. The summed E-state index contributed by atoms with van der Waals surface area (Å²) in [4.78, 5) is 54.5. The van der Waals surface area contributed by atoms with Crippen molar-refractivity contribution < 1.29 is 33.0 Å². The van der Waals surface area contributed by atoms with Gasteiger partial charge in [-0.15, -0.1) is 0 Å². The highest BCUT2D eigenvalue weighted by molar-refractivity contribution is 6.00.